The number of methoxy groups -OCH3 is 2. The van der Waals surface area contributed by atoms with Crippen LogP contribution >= 0.6 is 0 Å². The van der Waals surface area contributed by atoms with Gasteiger partial charge in [0.15, 0.2) is 5.60 Å². The molecule has 1 fully saturated rings. The molecule has 0 spiro atoms. The third-order valence-corrected chi connectivity index (χ3v) is 5.60. The lowest BCUT2D eigenvalue weighted by molar-refractivity contribution is 0.0198. The quantitative estimate of drug-likeness (QED) is 0.659. The van der Waals surface area contributed by atoms with Gasteiger partial charge in [0.05, 0.1) is 14.2 Å². The Morgan fingerprint density at radius 2 is 1.53 bits per heavy atom. The molecule has 1 unspecified atom stereocenters. The average Bonchev–Trinajstić information content (AvgIpc) is 2.79. The van der Waals surface area contributed by atoms with Crippen LogP contribution in [-0.4, -0.2) is 32.1 Å². The molecule has 2 aromatic rings. The number of hydrogen-bond donors (Lipinski definition) is 1. The van der Waals surface area contributed by atoms with E-state index in [1.165, 1.54) is 20.6 Å². The molecule has 6 nitrogen and oxygen atoms in total. The molecule has 1 saturated carbocycles. The molecule has 0 saturated heterocycles. The van der Waals surface area contributed by atoms with Gasteiger partial charge in [-0.25, -0.2) is 4.79 Å². The molecule has 0 radical (unpaired) electrons. The minimum atomic E-state index is -1.55. The van der Waals surface area contributed by atoms with Crippen LogP contribution in [-0.2, 0) is 10.3 Å². The van der Waals surface area contributed by atoms with E-state index in [1.54, 1.807) is 49.4 Å². The van der Waals surface area contributed by atoms with Crippen LogP contribution < -0.4 is 14.8 Å². The number of carbonyl (C=O) groups is 2. The second-order valence-corrected chi connectivity index (χ2v) is 7.70. The first-order valence-electron chi connectivity index (χ1n) is 10.3. The molecular formula is C24H29NO5. The maximum Gasteiger partial charge on any atom is 0.408 e. The summed E-state index contributed by atoms with van der Waals surface area (Å²) in [6.07, 6.45) is 4.59. The standard InChI is InChI=1S/C24H29NO5/c1-24(22(26)17-10-6-4-7-11-17,18-14-20(28-2)16-21(15-18)29-3)30-23(27)25-19-12-8-5-9-13-19/h4,6-7,10-11,14-16,19H,5,8-9,12-13H2,1-3H3,(H,25,27). The van der Waals surface area contributed by atoms with Gasteiger partial charge in [-0.15, -0.1) is 0 Å². The fourth-order valence-electron chi connectivity index (χ4n) is 3.81. The van der Waals surface area contributed by atoms with Crippen molar-refractivity contribution in [2.24, 2.45) is 0 Å². The minimum Gasteiger partial charge on any atom is -0.497 e. The molecule has 1 aliphatic rings. The Morgan fingerprint density at radius 1 is 0.933 bits per heavy atom. The molecule has 160 valence electrons. The van der Waals surface area contributed by atoms with Gasteiger partial charge < -0.3 is 19.5 Å². The number of amides is 1. The first-order valence-corrected chi connectivity index (χ1v) is 10.3. The van der Waals surface area contributed by atoms with Crippen molar-refractivity contribution in [1.29, 1.82) is 0 Å². The smallest absolute Gasteiger partial charge is 0.408 e. The predicted octanol–water partition coefficient (Wildman–Crippen LogP) is 4.86. The van der Waals surface area contributed by atoms with E-state index in [4.69, 9.17) is 14.2 Å². The topological polar surface area (TPSA) is 73.9 Å². The van der Waals surface area contributed by atoms with Crippen molar-refractivity contribution in [3.05, 3.63) is 59.7 Å². The zero-order chi connectivity index (χ0) is 21.6. The van der Waals surface area contributed by atoms with Crippen LogP contribution in [0.15, 0.2) is 48.5 Å². The normalized spacial score (nSPS) is 16.2. The molecule has 0 heterocycles. The summed E-state index contributed by atoms with van der Waals surface area (Å²) in [7, 11) is 3.07. The van der Waals surface area contributed by atoms with Gasteiger partial charge in [0.2, 0.25) is 5.78 Å². The van der Waals surface area contributed by atoms with Crippen molar-refractivity contribution in [2.45, 2.75) is 50.7 Å². The van der Waals surface area contributed by atoms with Crippen LogP contribution in [0.2, 0.25) is 0 Å². The molecule has 6 heteroatoms. The highest BCUT2D eigenvalue weighted by molar-refractivity contribution is 6.03. The Bertz CT molecular complexity index is 854. The summed E-state index contributed by atoms with van der Waals surface area (Å²) in [5.41, 5.74) is -0.624. The number of nitrogens with one attached hydrogen (secondary N) is 1. The fraction of sp³-hybridized carbons (Fsp3) is 0.417. The van der Waals surface area contributed by atoms with Gasteiger partial charge in [0.1, 0.15) is 11.5 Å². The average molecular weight is 411 g/mol. The summed E-state index contributed by atoms with van der Waals surface area (Å²) in [5.74, 6) is 0.692. The van der Waals surface area contributed by atoms with Crippen LogP contribution in [0.25, 0.3) is 0 Å². The van der Waals surface area contributed by atoms with E-state index in [2.05, 4.69) is 5.32 Å². The Hall–Kier alpha value is -3.02. The summed E-state index contributed by atoms with van der Waals surface area (Å²) in [6, 6.07) is 14.0. The summed E-state index contributed by atoms with van der Waals surface area (Å²) in [5, 5.41) is 2.93. The van der Waals surface area contributed by atoms with Crippen LogP contribution in [0.1, 0.15) is 54.9 Å². The SMILES string of the molecule is COc1cc(OC)cc(C(C)(OC(=O)NC2CCCCC2)C(=O)c2ccccc2)c1. The second-order valence-electron chi connectivity index (χ2n) is 7.70. The molecular weight excluding hydrogens is 382 g/mol. The molecule has 0 aliphatic heterocycles. The van der Waals surface area contributed by atoms with Crippen molar-refractivity contribution in [1.82, 2.24) is 5.32 Å². The number of ketones is 1. The van der Waals surface area contributed by atoms with Crippen LogP contribution in [0, 0.1) is 0 Å². The van der Waals surface area contributed by atoms with Crippen LogP contribution in [0.5, 0.6) is 11.5 Å². The number of Topliss-reactive ketones (excluding diaryl/α,β-unsaturated/α-hetero) is 1. The fourth-order valence-corrected chi connectivity index (χ4v) is 3.81. The molecule has 1 aliphatic carbocycles. The third kappa shape index (κ3) is 4.93. The predicted molar refractivity (Wildman–Crippen MR) is 114 cm³/mol. The van der Waals surface area contributed by atoms with Crippen LogP contribution in [0.3, 0.4) is 0 Å². The van der Waals surface area contributed by atoms with Gasteiger partial charge in [-0.3, -0.25) is 4.79 Å². The second kappa shape index (κ2) is 9.65. The molecule has 0 aromatic heterocycles. The Balaban J connectivity index is 1.96. The van der Waals surface area contributed by atoms with Crippen molar-refractivity contribution in [3.8, 4) is 11.5 Å². The Kier molecular flexibility index (Phi) is 6.98. The third-order valence-electron chi connectivity index (χ3n) is 5.60. The van der Waals surface area contributed by atoms with E-state index in [-0.39, 0.29) is 11.8 Å². The summed E-state index contributed by atoms with van der Waals surface area (Å²) < 4.78 is 16.5. The summed E-state index contributed by atoms with van der Waals surface area (Å²) >= 11 is 0. The number of benzene rings is 2. The maximum absolute atomic E-state index is 13.5. The van der Waals surface area contributed by atoms with Gasteiger partial charge >= 0.3 is 6.09 Å². The van der Waals surface area contributed by atoms with E-state index in [0.29, 0.717) is 22.6 Å². The van der Waals surface area contributed by atoms with E-state index < -0.39 is 11.7 Å². The molecule has 1 amide bonds. The highest BCUT2D eigenvalue weighted by atomic mass is 16.6. The largest absolute Gasteiger partial charge is 0.497 e. The van der Waals surface area contributed by atoms with E-state index in [0.717, 1.165) is 25.7 Å². The van der Waals surface area contributed by atoms with E-state index >= 15 is 0 Å². The number of ether oxygens (including phenoxy) is 3. The Labute approximate surface area is 177 Å². The zero-order valence-corrected chi connectivity index (χ0v) is 17.8. The molecule has 2 aromatic carbocycles. The summed E-state index contributed by atoms with van der Waals surface area (Å²) in [4.78, 5) is 26.3. The van der Waals surface area contributed by atoms with Gasteiger partial charge in [-0.1, -0.05) is 49.6 Å². The Morgan fingerprint density at radius 3 is 2.10 bits per heavy atom. The van der Waals surface area contributed by atoms with Crippen molar-refractivity contribution in [2.75, 3.05) is 14.2 Å². The highest BCUT2D eigenvalue weighted by Gasteiger charge is 2.41. The molecule has 1 N–H and O–H groups in total. The van der Waals surface area contributed by atoms with Crippen LogP contribution in [0.4, 0.5) is 4.79 Å². The van der Waals surface area contributed by atoms with E-state index in [1.807, 2.05) is 6.07 Å². The van der Waals surface area contributed by atoms with Gasteiger partial charge in [-0.2, -0.15) is 0 Å². The maximum atomic E-state index is 13.5. The van der Waals surface area contributed by atoms with Crippen molar-refractivity contribution >= 4 is 11.9 Å². The molecule has 30 heavy (non-hydrogen) atoms. The molecule has 3 rings (SSSR count). The van der Waals surface area contributed by atoms with Gasteiger partial charge in [0.25, 0.3) is 0 Å². The zero-order valence-electron chi connectivity index (χ0n) is 17.8. The lowest BCUT2D eigenvalue weighted by Gasteiger charge is -2.31. The van der Waals surface area contributed by atoms with Gasteiger partial charge in [-0.05, 0) is 31.9 Å². The monoisotopic (exact) mass is 411 g/mol. The number of hydrogen-bond acceptors (Lipinski definition) is 5. The number of alkyl carbamates (subject to hydrolysis) is 1. The highest BCUT2D eigenvalue weighted by Crippen LogP contribution is 2.35. The molecule has 1 atom stereocenters. The lowest BCUT2D eigenvalue weighted by atomic mass is 9.87. The summed E-state index contributed by atoms with van der Waals surface area (Å²) in [6.45, 7) is 1.61. The number of carbonyl (C=O) groups excluding carboxylic acids is 2. The first-order chi connectivity index (χ1) is 14.5. The lowest BCUT2D eigenvalue weighted by Crippen LogP contribution is -2.44. The van der Waals surface area contributed by atoms with Crippen molar-refractivity contribution in [3.63, 3.8) is 0 Å². The number of rotatable bonds is 7. The minimum absolute atomic E-state index is 0.0715. The first kappa shape index (κ1) is 21.7. The van der Waals surface area contributed by atoms with Crippen molar-refractivity contribution < 1.29 is 23.8 Å². The molecule has 0 bridgehead atoms. The van der Waals surface area contributed by atoms with E-state index in [9.17, 15) is 9.59 Å². The van der Waals surface area contributed by atoms with Gasteiger partial charge in [0, 0.05) is 23.2 Å².